The van der Waals surface area contributed by atoms with E-state index in [1.54, 1.807) is 30.3 Å². The molecule has 0 aliphatic rings. The van der Waals surface area contributed by atoms with Crippen LogP contribution in [0.4, 0.5) is 5.69 Å². The van der Waals surface area contributed by atoms with Crippen LogP contribution in [0.5, 0.6) is 11.5 Å². The number of ether oxygens (including phenoxy) is 1. The molecule has 0 aromatic heterocycles. The number of amides is 2. The van der Waals surface area contributed by atoms with E-state index in [1.165, 1.54) is 13.3 Å². The zero-order chi connectivity index (χ0) is 18.2. The minimum absolute atomic E-state index is 0.0832. The van der Waals surface area contributed by atoms with Crippen LogP contribution < -0.4 is 15.5 Å². The first kappa shape index (κ1) is 18.0. The van der Waals surface area contributed by atoms with E-state index in [4.69, 9.17) is 4.74 Å². The number of rotatable bonds is 6. The van der Waals surface area contributed by atoms with Crippen molar-refractivity contribution in [1.29, 1.82) is 0 Å². The van der Waals surface area contributed by atoms with Gasteiger partial charge >= 0.3 is 0 Å². The topological polar surface area (TPSA) is 100 Å². The summed E-state index contributed by atoms with van der Waals surface area (Å²) in [6.07, 6.45) is 0.906. The Bertz CT molecular complexity index is 785. The summed E-state index contributed by atoms with van der Waals surface area (Å²) in [5.41, 5.74) is 4.31. The van der Waals surface area contributed by atoms with Gasteiger partial charge in [-0.25, -0.2) is 5.43 Å². The Labute approximate surface area is 145 Å². The Morgan fingerprint density at radius 3 is 2.56 bits per heavy atom. The molecule has 0 aliphatic heterocycles. The first-order valence-corrected chi connectivity index (χ1v) is 7.54. The van der Waals surface area contributed by atoms with Crippen LogP contribution in [0.25, 0.3) is 0 Å². The third-order valence-electron chi connectivity index (χ3n) is 3.30. The summed E-state index contributed by atoms with van der Waals surface area (Å²) in [6, 6.07) is 12.1. The van der Waals surface area contributed by atoms with E-state index < -0.39 is 11.8 Å². The molecule has 2 aromatic rings. The first-order chi connectivity index (χ1) is 12.0. The first-order valence-electron chi connectivity index (χ1n) is 7.54. The zero-order valence-corrected chi connectivity index (χ0v) is 13.9. The number of hydrogen-bond donors (Lipinski definition) is 3. The molecule has 0 bridgehead atoms. The van der Waals surface area contributed by atoms with Crippen LogP contribution in [0.2, 0.25) is 0 Å². The van der Waals surface area contributed by atoms with Gasteiger partial charge in [0.15, 0.2) is 11.5 Å². The normalized spacial score (nSPS) is 10.5. The van der Waals surface area contributed by atoms with Gasteiger partial charge < -0.3 is 15.2 Å². The van der Waals surface area contributed by atoms with Gasteiger partial charge in [-0.1, -0.05) is 23.8 Å². The number of carbonyl (C=O) groups is 2. The summed E-state index contributed by atoms with van der Waals surface area (Å²) in [5, 5.41) is 16.2. The molecule has 0 spiro atoms. The maximum Gasteiger partial charge on any atom is 0.249 e. The Morgan fingerprint density at radius 2 is 1.88 bits per heavy atom. The SMILES string of the molecule is COc1cccc(/C=N/NC(=O)CC(=O)Nc2ccc(C)cc2)c1O. The molecule has 0 aliphatic carbocycles. The lowest BCUT2D eigenvalue weighted by atomic mass is 10.2. The van der Waals surface area contributed by atoms with Gasteiger partial charge in [0.1, 0.15) is 6.42 Å². The Hall–Kier alpha value is -3.35. The summed E-state index contributed by atoms with van der Waals surface area (Å²) >= 11 is 0. The highest BCUT2D eigenvalue weighted by atomic mass is 16.5. The molecule has 130 valence electrons. The summed E-state index contributed by atoms with van der Waals surface area (Å²) in [5.74, 6) is -0.795. The number of carbonyl (C=O) groups excluding carboxylic acids is 2. The maximum atomic E-state index is 11.8. The average molecular weight is 341 g/mol. The van der Waals surface area contributed by atoms with Crippen LogP contribution in [0.15, 0.2) is 47.6 Å². The summed E-state index contributed by atoms with van der Waals surface area (Å²) < 4.78 is 4.98. The molecule has 2 amide bonds. The summed E-state index contributed by atoms with van der Waals surface area (Å²) in [4.78, 5) is 23.5. The molecule has 0 radical (unpaired) electrons. The molecule has 2 aromatic carbocycles. The summed E-state index contributed by atoms with van der Waals surface area (Å²) in [7, 11) is 1.43. The van der Waals surface area contributed by atoms with Gasteiger partial charge in [0.25, 0.3) is 0 Å². The average Bonchev–Trinajstić information content (AvgIpc) is 2.58. The van der Waals surface area contributed by atoms with Gasteiger partial charge in [-0.05, 0) is 31.2 Å². The second-order valence-corrected chi connectivity index (χ2v) is 5.28. The van der Waals surface area contributed by atoms with Crippen LogP contribution in [-0.2, 0) is 9.59 Å². The van der Waals surface area contributed by atoms with Gasteiger partial charge in [-0.15, -0.1) is 0 Å². The number of phenolic OH excluding ortho intramolecular Hbond substituents is 1. The fourth-order valence-corrected chi connectivity index (χ4v) is 2.01. The second-order valence-electron chi connectivity index (χ2n) is 5.28. The van der Waals surface area contributed by atoms with Crippen LogP contribution in [-0.4, -0.2) is 30.2 Å². The van der Waals surface area contributed by atoms with Crippen LogP contribution in [0, 0.1) is 6.92 Å². The smallest absolute Gasteiger partial charge is 0.249 e. The third kappa shape index (κ3) is 5.35. The molecule has 0 saturated carbocycles. The standard InChI is InChI=1S/C18H19N3O4/c1-12-6-8-14(9-7-12)20-16(22)10-17(23)21-19-11-13-4-3-5-15(25-2)18(13)24/h3-9,11,24H,10H2,1-2H3,(H,20,22)(H,21,23)/b19-11+. The van der Waals surface area contributed by atoms with E-state index in [9.17, 15) is 14.7 Å². The Balaban J connectivity index is 1.86. The number of benzene rings is 2. The molecule has 25 heavy (non-hydrogen) atoms. The lowest BCUT2D eigenvalue weighted by molar-refractivity contribution is -0.126. The minimum atomic E-state index is -0.566. The minimum Gasteiger partial charge on any atom is -0.504 e. The number of anilines is 1. The number of aromatic hydroxyl groups is 1. The maximum absolute atomic E-state index is 11.8. The number of hydrogen-bond acceptors (Lipinski definition) is 5. The number of nitrogens with one attached hydrogen (secondary N) is 2. The predicted octanol–water partition coefficient (Wildman–Crippen LogP) is 2.19. The number of methoxy groups -OCH3 is 1. The molecule has 0 heterocycles. The number of hydrazone groups is 1. The second kappa shape index (κ2) is 8.49. The molecule has 7 nitrogen and oxygen atoms in total. The van der Waals surface area contributed by atoms with Gasteiger partial charge in [0, 0.05) is 11.3 Å². The molecule has 0 unspecified atom stereocenters. The van der Waals surface area contributed by atoms with E-state index in [0.717, 1.165) is 5.56 Å². The third-order valence-corrected chi connectivity index (χ3v) is 3.30. The van der Waals surface area contributed by atoms with Crippen LogP contribution in [0.3, 0.4) is 0 Å². The van der Waals surface area contributed by atoms with Crippen molar-refractivity contribution in [3.05, 3.63) is 53.6 Å². The van der Waals surface area contributed by atoms with Crippen molar-refractivity contribution in [3.63, 3.8) is 0 Å². The number of aryl methyl sites for hydroxylation is 1. The fourth-order valence-electron chi connectivity index (χ4n) is 2.01. The Morgan fingerprint density at radius 1 is 1.16 bits per heavy atom. The highest BCUT2D eigenvalue weighted by Gasteiger charge is 2.09. The van der Waals surface area contributed by atoms with Crippen molar-refractivity contribution in [2.45, 2.75) is 13.3 Å². The number of phenols is 1. The molecule has 7 heteroatoms. The number of nitrogens with zero attached hydrogens (tertiary/aromatic N) is 1. The Kier molecular flexibility index (Phi) is 6.11. The van der Waals surface area contributed by atoms with Crippen LogP contribution >= 0.6 is 0 Å². The molecule has 0 saturated heterocycles. The van der Waals surface area contributed by atoms with Gasteiger partial charge in [0.2, 0.25) is 11.8 Å². The van der Waals surface area contributed by atoms with Crippen molar-refractivity contribution in [2.75, 3.05) is 12.4 Å². The lowest BCUT2D eigenvalue weighted by Gasteiger charge is -2.06. The molecule has 2 rings (SSSR count). The van der Waals surface area contributed by atoms with E-state index in [0.29, 0.717) is 17.0 Å². The quantitative estimate of drug-likeness (QED) is 0.426. The van der Waals surface area contributed by atoms with E-state index in [-0.39, 0.29) is 12.2 Å². The van der Waals surface area contributed by atoms with Crippen molar-refractivity contribution in [3.8, 4) is 11.5 Å². The number of para-hydroxylation sites is 1. The van der Waals surface area contributed by atoms with Crippen molar-refractivity contribution < 1.29 is 19.4 Å². The van der Waals surface area contributed by atoms with Gasteiger partial charge in [-0.2, -0.15) is 5.10 Å². The van der Waals surface area contributed by atoms with Crippen molar-refractivity contribution in [2.24, 2.45) is 5.10 Å². The molecular weight excluding hydrogens is 322 g/mol. The highest BCUT2D eigenvalue weighted by molar-refractivity contribution is 6.03. The van der Waals surface area contributed by atoms with E-state index >= 15 is 0 Å². The monoisotopic (exact) mass is 341 g/mol. The van der Waals surface area contributed by atoms with Gasteiger partial charge in [0.05, 0.1) is 13.3 Å². The largest absolute Gasteiger partial charge is 0.504 e. The van der Waals surface area contributed by atoms with E-state index in [1.807, 2.05) is 19.1 Å². The van der Waals surface area contributed by atoms with Crippen molar-refractivity contribution in [1.82, 2.24) is 5.43 Å². The highest BCUT2D eigenvalue weighted by Crippen LogP contribution is 2.27. The van der Waals surface area contributed by atoms with E-state index in [2.05, 4.69) is 15.8 Å². The zero-order valence-electron chi connectivity index (χ0n) is 13.9. The van der Waals surface area contributed by atoms with Crippen molar-refractivity contribution >= 4 is 23.7 Å². The predicted molar refractivity (Wildman–Crippen MR) is 94.8 cm³/mol. The lowest BCUT2D eigenvalue weighted by Crippen LogP contribution is -2.24. The molecule has 0 fully saturated rings. The summed E-state index contributed by atoms with van der Waals surface area (Å²) in [6.45, 7) is 1.94. The van der Waals surface area contributed by atoms with Gasteiger partial charge in [-0.3, -0.25) is 9.59 Å². The molecular formula is C18H19N3O4. The fraction of sp³-hybridized carbons (Fsp3) is 0.167. The molecule has 0 atom stereocenters. The van der Waals surface area contributed by atoms with Crippen LogP contribution in [0.1, 0.15) is 17.5 Å². The molecule has 3 N–H and O–H groups in total.